The summed E-state index contributed by atoms with van der Waals surface area (Å²) in [5.41, 5.74) is 33.4. The van der Waals surface area contributed by atoms with Crippen LogP contribution < -0.4 is 9.80 Å². The van der Waals surface area contributed by atoms with Gasteiger partial charge in [-0.3, -0.25) is 0 Å². The molecule has 0 aliphatic heterocycles. The van der Waals surface area contributed by atoms with Gasteiger partial charge in [-0.05, 0) is 241 Å². The molecule has 0 saturated heterocycles. The number of hydrogen-bond donors (Lipinski definition) is 0. The summed E-state index contributed by atoms with van der Waals surface area (Å²) in [6.07, 6.45) is 0. The van der Waals surface area contributed by atoms with Crippen LogP contribution in [0.4, 0.5) is 34.1 Å². The number of rotatable bonds is 10. The second-order valence-electron chi connectivity index (χ2n) is 31.6. The number of fused-ring (bicyclic) bond motifs is 29. The number of hydrogen-bond acceptors (Lipinski definition) is 4. The van der Waals surface area contributed by atoms with E-state index in [1.54, 1.807) is 0 Å². The summed E-state index contributed by atoms with van der Waals surface area (Å²) in [7, 11) is 0. The van der Waals surface area contributed by atoms with Crippen molar-refractivity contribution in [1.29, 1.82) is 0 Å². The third kappa shape index (κ3) is 9.09. The molecule has 0 fully saturated rings. The summed E-state index contributed by atoms with van der Waals surface area (Å²) < 4.78 is 14.8. The molecule has 25 rings (SSSR count). The van der Waals surface area contributed by atoms with Gasteiger partial charge in [0.05, 0.1) is 11.4 Å². The maximum absolute atomic E-state index is 7.70. The van der Waals surface area contributed by atoms with Crippen LogP contribution in [0.15, 0.2) is 421 Å². The molecule has 2 spiro atoms. The summed E-state index contributed by atoms with van der Waals surface area (Å²) >= 11 is 0. The lowest BCUT2D eigenvalue weighted by Crippen LogP contribution is -2.25. The van der Waals surface area contributed by atoms with Crippen molar-refractivity contribution in [2.45, 2.75) is 10.8 Å². The minimum absolute atomic E-state index is 0.574. The molecule has 4 aliphatic carbocycles. The average Bonchev–Trinajstić information content (AvgIpc) is 1.50. The highest BCUT2D eigenvalue weighted by Gasteiger charge is 2.57. The SMILES string of the molecule is c1ccc(-c2ccc(N(c3ccc4cc(-c5ccc6c(c5)-c5c(oc7ccccc57)C65c6ccccc6-c6ccccc65)ccc4c3)c3cccc4c(-c5ccc6c7c(oc6c5)C5(c6ccccc6-c6ccc(-c8ccc(N(c9ccccc9)c9cc%10ccccc%10c%10ccccc9%10)cc8)cc65)c5ccccc5-7)cccc34)cc2)cc1. The minimum atomic E-state index is -0.720. The summed E-state index contributed by atoms with van der Waals surface area (Å²) in [5, 5.41) is 11.7. The molecule has 0 bridgehead atoms. The van der Waals surface area contributed by atoms with Gasteiger partial charge in [-0.15, -0.1) is 0 Å². The lowest BCUT2D eigenvalue weighted by molar-refractivity contribution is 0.506. The zero-order valence-corrected chi connectivity index (χ0v) is 63.0. The van der Waals surface area contributed by atoms with Crippen LogP contribution in [0.5, 0.6) is 0 Å². The predicted octanol–water partition coefficient (Wildman–Crippen LogP) is 30.1. The number of furan rings is 2. The highest BCUT2D eigenvalue weighted by molar-refractivity contribution is 6.16. The van der Waals surface area contributed by atoms with Gasteiger partial charge in [-0.25, -0.2) is 0 Å². The number of nitrogens with zero attached hydrogens (tertiary/aromatic N) is 2. The highest BCUT2D eigenvalue weighted by atomic mass is 16.3. The zero-order chi connectivity index (χ0) is 75.9. The normalized spacial score (nSPS) is 14.1. The first kappa shape index (κ1) is 64.6. The fourth-order valence-corrected chi connectivity index (χ4v) is 20.8. The molecule has 2 aromatic heterocycles. The molecule has 21 aromatic rings. The first-order chi connectivity index (χ1) is 57.5. The molecule has 0 saturated carbocycles. The molecule has 0 radical (unpaired) electrons. The molecule has 1 atom stereocenters. The standard InChI is InChI=1S/C112H68N2O2/c1-3-23-69(24-4-1)70-47-55-81(56-48-70)114(82-59-51-73-63-72(45-46-74(73)64-82)75-54-62-101-96(65-75)108-94-35-15-20-44-105(94)115-110(108)111(101)97-39-16-11-30-87(97)88-31-12-17-40-98(88)111)103-43-22-37-86-84(36-21-38-91(86)103)78-53-61-95-106(68-78)116-109-107(95)93-34-14-19-42-100(93)112(109)99-41-18-13-32-89(99)90-60-52-76(66-102(90)112)71-49-57-80(58-50-71)113(79-26-5-2-6-27-79)104-67-77-25-7-8-28-83(77)85-29-9-10-33-92(85)104/h1-68H. The maximum atomic E-state index is 7.70. The van der Waals surface area contributed by atoms with Crippen LogP contribution in [0.1, 0.15) is 44.9 Å². The molecule has 4 heteroatoms. The molecule has 116 heavy (non-hydrogen) atoms. The number of para-hydroxylation sites is 2. The lowest BCUT2D eigenvalue weighted by atomic mass is 9.73. The Morgan fingerprint density at radius 1 is 0.181 bits per heavy atom. The quantitative estimate of drug-likeness (QED) is 0.128. The Morgan fingerprint density at radius 2 is 0.612 bits per heavy atom. The fourth-order valence-electron chi connectivity index (χ4n) is 20.8. The van der Waals surface area contributed by atoms with Crippen molar-refractivity contribution in [2.24, 2.45) is 0 Å². The summed E-state index contributed by atoms with van der Waals surface area (Å²) in [6, 6.07) is 153. The molecule has 538 valence electrons. The second-order valence-corrected chi connectivity index (χ2v) is 31.6. The van der Waals surface area contributed by atoms with Gasteiger partial charge < -0.3 is 18.6 Å². The highest BCUT2D eigenvalue weighted by Crippen LogP contribution is 2.67. The van der Waals surface area contributed by atoms with E-state index in [2.05, 4.69) is 422 Å². The molecular weight excluding hydrogens is 1410 g/mol. The molecular formula is C112H68N2O2. The van der Waals surface area contributed by atoms with Gasteiger partial charge in [0.2, 0.25) is 0 Å². The summed E-state index contributed by atoms with van der Waals surface area (Å²) in [4.78, 5) is 4.85. The van der Waals surface area contributed by atoms with Crippen LogP contribution in [-0.4, -0.2) is 0 Å². The zero-order valence-electron chi connectivity index (χ0n) is 63.0. The van der Waals surface area contributed by atoms with E-state index >= 15 is 0 Å². The van der Waals surface area contributed by atoms with Crippen molar-refractivity contribution >= 4 is 99.2 Å². The minimum Gasteiger partial charge on any atom is -0.459 e. The third-order valence-electron chi connectivity index (χ3n) is 25.8. The molecule has 2 heterocycles. The summed E-state index contributed by atoms with van der Waals surface area (Å²) in [5.74, 6) is 1.97. The summed E-state index contributed by atoms with van der Waals surface area (Å²) in [6.45, 7) is 0. The van der Waals surface area contributed by atoms with Gasteiger partial charge in [0.1, 0.15) is 33.5 Å². The molecule has 4 nitrogen and oxygen atoms in total. The first-order valence-electron chi connectivity index (χ1n) is 40.2. The first-order valence-corrected chi connectivity index (χ1v) is 40.2. The van der Waals surface area contributed by atoms with Gasteiger partial charge in [-0.1, -0.05) is 315 Å². The predicted molar refractivity (Wildman–Crippen MR) is 480 cm³/mol. The topological polar surface area (TPSA) is 32.8 Å². The largest absolute Gasteiger partial charge is 0.459 e. The Labute approximate surface area is 670 Å². The van der Waals surface area contributed by atoms with E-state index in [1.807, 2.05) is 0 Å². The van der Waals surface area contributed by atoms with Gasteiger partial charge in [-0.2, -0.15) is 0 Å². The van der Waals surface area contributed by atoms with Crippen LogP contribution in [-0.2, 0) is 10.8 Å². The molecule has 19 aromatic carbocycles. The van der Waals surface area contributed by atoms with Crippen LogP contribution in [0, 0.1) is 0 Å². The smallest absolute Gasteiger partial charge is 0.135 e. The monoisotopic (exact) mass is 1470 g/mol. The molecule has 4 aliphatic rings. The Hall–Kier alpha value is -15.1. The molecule has 0 amide bonds. The van der Waals surface area contributed by atoms with E-state index in [0.717, 1.165) is 134 Å². The van der Waals surface area contributed by atoms with Crippen LogP contribution in [0.2, 0.25) is 0 Å². The van der Waals surface area contributed by atoms with Crippen molar-refractivity contribution in [2.75, 3.05) is 9.80 Å². The van der Waals surface area contributed by atoms with E-state index in [0.29, 0.717) is 0 Å². The van der Waals surface area contributed by atoms with E-state index in [4.69, 9.17) is 8.83 Å². The van der Waals surface area contributed by atoms with Crippen molar-refractivity contribution in [3.8, 4) is 89.0 Å². The van der Waals surface area contributed by atoms with E-state index in [9.17, 15) is 0 Å². The van der Waals surface area contributed by atoms with Crippen LogP contribution in [0.25, 0.3) is 154 Å². The molecule has 0 N–H and O–H groups in total. The van der Waals surface area contributed by atoms with Gasteiger partial charge >= 0.3 is 0 Å². The van der Waals surface area contributed by atoms with E-state index < -0.39 is 10.8 Å². The van der Waals surface area contributed by atoms with Crippen molar-refractivity contribution in [3.63, 3.8) is 0 Å². The lowest BCUT2D eigenvalue weighted by Gasteiger charge is -2.28. The fraction of sp³-hybridized carbons (Fsp3) is 0.0179. The average molecular weight is 1470 g/mol. The second kappa shape index (κ2) is 24.7. The van der Waals surface area contributed by atoms with E-state index in [1.165, 1.54) is 99.4 Å². The van der Waals surface area contributed by atoms with Gasteiger partial charge in [0.25, 0.3) is 0 Å². The van der Waals surface area contributed by atoms with Crippen LogP contribution >= 0.6 is 0 Å². The van der Waals surface area contributed by atoms with Crippen LogP contribution in [0.3, 0.4) is 0 Å². The Kier molecular flexibility index (Phi) is 13.7. The third-order valence-corrected chi connectivity index (χ3v) is 25.8. The van der Waals surface area contributed by atoms with Gasteiger partial charge in [0, 0.05) is 55.4 Å². The Morgan fingerprint density at radius 3 is 1.34 bits per heavy atom. The Bertz CT molecular complexity index is 7670. The van der Waals surface area contributed by atoms with Crippen molar-refractivity contribution in [1.82, 2.24) is 0 Å². The Balaban J connectivity index is 0.588. The number of anilines is 6. The number of benzene rings is 19. The van der Waals surface area contributed by atoms with Crippen molar-refractivity contribution in [3.05, 3.63) is 457 Å². The maximum Gasteiger partial charge on any atom is 0.135 e. The van der Waals surface area contributed by atoms with Crippen molar-refractivity contribution < 1.29 is 8.83 Å². The van der Waals surface area contributed by atoms with Gasteiger partial charge in [0.15, 0.2) is 0 Å². The molecule has 1 unspecified atom stereocenters. The van der Waals surface area contributed by atoms with E-state index in [-0.39, 0.29) is 0 Å².